The van der Waals surface area contributed by atoms with Gasteiger partial charge in [-0.15, -0.1) is 0 Å². The lowest BCUT2D eigenvalue weighted by Gasteiger charge is -2.33. The molecule has 0 amide bonds. The predicted octanol–water partition coefficient (Wildman–Crippen LogP) is 3.18. The standard InChI is InChI=1S/C16H26N2/c1-13(2)14-7-10-18(11-8-14)12-9-15-5-3-4-6-16(15)17/h3-6,13-14H,7-12,17H2,1-2H3. The largest absolute Gasteiger partial charge is 0.399 e. The van der Waals surface area contributed by atoms with Crippen LogP contribution in [0.2, 0.25) is 0 Å². The fourth-order valence-electron chi connectivity index (χ4n) is 2.88. The molecule has 0 aromatic heterocycles. The van der Waals surface area contributed by atoms with Gasteiger partial charge in [-0.3, -0.25) is 0 Å². The zero-order valence-corrected chi connectivity index (χ0v) is 11.7. The molecule has 0 radical (unpaired) electrons. The normalized spacial score (nSPS) is 18.4. The Bertz CT molecular complexity index is 365. The number of nitrogens with zero attached hydrogens (tertiary/aromatic N) is 1. The number of hydrogen-bond acceptors (Lipinski definition) is 2. The molecule has 2 nitrogen and oxygen atoms in total. The first-order valence-corrected chi connectivity index (χ1v) is 7.22. The lowest BCUT2D eigenvalue weighted by Crippen LogP contribution is -2.36. The van der Waals surface area contributed by atoms with Crippen LogP contribution in [0.25, 0.3) is 0 Å². The fraction of sp³-hybridized carbons (Fsp3) is 0.625. The summed E-state index contributed by atoms with van der Waals surface area (Å²) in [6.45, 7) is 8.38. The van der Waals surface area contributed by atoms with Gasteiger partial charge in [-0.05, 0) is 55.8 Å². The summed E-state index contributed by atoms with van der Waals surface area (Å²) in [7, 11) is 0. The third-order valence-corrected chi connectivity index (χ3v) is 4.33. The SMILES string of the molecule is CC(C)C1CCN(CCc2ccccc2N)CC1. The van der Waals surface area contributed by atoms with E-state index in [1.54, 1.807) is 0 Å². The molecular formula is C16H26N2. The fourth-order valence-corrected chi connectivity index (χ4v) is 2.88. The van der Waals surface area contributed by atoms with Crippen molar-refractivity contribution in [3.05, 3.63) is 29.8 Å². The van der Waals surface area contributed by atoms with Crippen LogP contribution >= 0.6 is 0 Å². The van der Waals surface area contributed by atoms with Gasteiger partial charge in [0.05, 0.1) is 0 Å². The first kappa shape index (κ1) is 13.4. The number of para-hydroxylation sites is 1. The van der Waals surface area contributed by atoms with Crippen molar-refractivity contribution < 1.29 is 0 Å². The molecule has 1 fully saturated rings. The maximum Gasteiger partial charge on any atom is 0.0347 e. The second-order valence-corrected chi connectivity index (χ2v) is 5.87. The van der Waals surface area contributed by atoms with Gasteiger partial charge in [0.1, 0.15) is 0 Å². The molecule has 1 saturated heterocycles. The maximum atomic E-state index is 5.98. The minimum atomic E-state index is 0.844. The third-order valence-electron chi connectivity index (χ3n) is 4.33. The lowest BCUT2D eigenvalue weighted by molar-refractivity contribution is 0.159. The van der Waals surface area contributed by atoms with E-state index in [1.807, 2.05) is 12.1 Å². The molecule has 0 unspecified atom stereocenters. The molecule has 18 heavy (non-hydrogen) atoms. The van der Waals surface area contributed by atoms with Crippen LogP contribution in [0, 0.1) is 11.8 Å². The van der Waals surface area contributed by atoms with Crippen molar-refractivity contribution >= 4 is 5.69 Å². The van der Waals surface area contributed by atoms with Crippen LogP contribution in [0.1, 0.15) is 32.3 Å². The van der Waals surface area contributed by atoms with Crippen LogP contribution in [-0.2, 0) is 6.42 Å². The number of rotatable bonds is 4. The van der Waals surface area contributed by atoms with Crippen molar-refractivity contribution in [2.75, 3.05) is 25.4 Å². The quantitative estimate of drug-likeness (QED) is 0.827. The number of piperidine rings is 1. The summed E-state index contributed by atoms with van der Waals surface area (Å²) < 4.78 is 0. The highest BCUT2D eigenvalue weighted by Crippen LogP contribution is 2.24. The van der Waals surface area contributed by atoms with E-state index in [9.17, 15) is 0 Å². The summed E-state index contributed by atoms with van der Waals surface area (Å²) in [4.78, 5) is 2.59. The maximum absolute atomic E-state index is 5.98. The second kappa shape index (κ2) is 6.24. The molecule has 1 aliphatic rings. The lowest BCUT2D eigenvalue weighted by atomic mass is 9.86. The summed E-state index contributed by atoms with van der Waals surface area (Å²) in [5.74, 6) is 1.78. The molecule has 1 aliphatic heterocycles. The van der Waals surface area contributed by atoms with Gasteiger partial charge >= 0.3 is 0 Å². The molecule has 0 atom stereocenters. The average molecular weight is 246 g/mol. The monoisotopic (exact) mass is 246 g/mol. The number of anilines is 1. The minimum Gasteiger partial charge on any atom is -0.399 e. The van der Waals surface area contributed by atoms with E-state index in [0.717, 1.165) is 30.5 Å². The van der Waals surface area contributed by atoms with Crippen LogP contribution in [0.5, 0.6) is 0 Å². The topological polar surface area (TPSA) is 29.3 Å². The average Bonchev–Trinajstić information content (AvgIpc) is 2.38. The van der Waals surface area contributed by atoms with Crippen LogP contribution in [0.4, 0.5) is 5.69 Å². The van der Waals surface area contributed by atoms with Crippen molar-refractivity contribution in [3.63, 3.8) is 0 Å². The third kappa shape index (κ3) is 3.49. The molecule has 100 valence electrons. The van der Waals surface area contributed by atoms with E-state index >= 15 is 0 Å². The molecule has 2 rings (SSSR count). The first-order valence-electron chi connectivity index (χ1n) is 7.22. The number of likely N-dealkylation sites (tertiary alicyclic amines) is 1. The first-order chi connectivity index (χ1) is 8.66. The molecule has 0 aliphatic carbocycles. The summed E-state index contributed by atoms with van der Waals surface area (Å²) in [6.07, 6.45) is 3.81. The van der Waals surface area contributed by atoms with E-state index in [2.05, 4.69) is 30.9 Å². The van der Waals surface area contributed by atoms with E-state index in [0.29, 0.717) is 0 Å². The van der Waals surface area contributed by atoms with E-state index in [-0.39, 0.29) is 0 Å². The summed E-state index contributed by atoms with van der Waals surface area (Å²) in [5.41, 5.74) is 8.21. The zero-order chi connectivity index (χ0) is 13.0. The summed E-state index contributed by atoms with van der Waals surface area (Å²) >= 11 is 0. The molecule has 0 spiro atoms. The van der Waals surface area contributed by atoms with Gasteiger partial charge < -0.3 is 10.6 Å². The molecule has 0 bridgehead atoms. The molecule has 1 aromatic carbocycles. The Hall–Kier alpha value is -1.02. The van der Waals surface area contributed by atoms with Gasteiger partial charge in [0.2, 0.25) is 0 Å². The highest BCUT2D eigenvalue weighted by atomic mass is 15.1. The minimum absolute atomic E-state index is 0.844. The number of hydrogen-bond donors (Lipinski definition) is 1. The predicted molar refractivity (Wildman–Crippen MR) is 78.6 cm³/mol. The van der Waals surface area contributed by atoms with Gasteiger partial charge in [-0.2, -0.15) is 0 Å². The van der Waals surface area contributed by atoms with Gasteiger partial charge in [0.15, 0.2) is 0 Å². The number of benzene rings is 1. The molecule has 1 aromatic rings. The Labute approximate surface area is 111 Å². The van der Waals surface area contributed by atoms with Gasteiger partial charge in [0, 0.05) is 12.2 Å². The van der Waals surface area contributed by atoms with Crippen molar-refractivity contribution in [2.24, 2.45) is 11.8 Å². The zero-order valence-electron chi connectivity index (χ0n) is 11.7. The summed E-state index contributed by atoms with van der Waals surface area (Å²) in [6, 6.07) is 8.24. The number of nitrogen functional groups attached to an aromatic ring is 1. The number of nitrogens with two attached hydrogens (primary N) is 1. The van der Waals surface area contributed by atoms with Crippen molar-refractivity contribution in [2.45, 2.75) is 33.1 Å². The smallest absolute Gasteiger partial charge is 0.0347 e. The molecule has 0 saturated carbocycles. The van der Waals surface area contributed by atoms with Crippen molar-refractivity contribution in [3.8, 4) is 0 Å². The van der Waals surface area contributed by atoms with Crippen LogP contribution in [0.3, 0.4) is 0 Å². The van der Waals surface area contributed by atoms with E-state index < -0.39 is 0 Å². The van der Waals surface area contributed by atoms with Crippen LogP contribution in [-0.4, -0.2) is 24.5 Å². The van der Waals surface area contributed by atoms with Gasteiger partial charge in [-0.1, -0.05) is 32.0 Å². The van der Waals surface area contributed by atoms with E-state index in [4.69, 9.17) is 5.73 Å². The second-order valence-electron chi connectivity index (χ2n) is 5.87. The Morgan fingerprint density at radius 1 is 1.22 bits per heavy atom. The van der Waals surface area contributed by atoms with Crippen molar-refractivity contribution in [1.29, 1.82) is 0 Å². The molecule has 1 heterocycles. The Morgan fingerprint density at radius 2 is 1.89 bits per heavy atom. The Balaban J connectivity index is 1.77. The highest BCUT2D eigenvalue weighted by Gasteiger charge is 2.21. The highest BCUT2D eigenvalue weighted by molar-refractivity contribution is 5.46. The summed E-state index contributed by atoms with van der Waals surface area (Å²) in [5, 5.41) is 0. The van der Waals surface area contributed by atoms with Gasteiger partial charge in [0.25, 0.3) is 0 Å². The Kier molecular flexibility index (Phi) is 4.65. The molecule has 2 heteroatoms. The molecular weight excluding hydrogens is 220 g/mol. The van der Waals surface area contributed by atoms with Crippen LogP contribution in [0.15, 0.2) is 24.3 Å². The van der Waals surface area contributed by atoms with Crippen molar-refractivity contribution in [1.82, 2.24) is 4.90 Å². The van der Waals surface area contributed by atoms with Gasteiger partial charge in [-0.25, -0.2) is 0 Å². The van der Waals surface area contributed by atoms with Crippen LogP contribution < -0.4 is 5.73 Å². The molecule has 2 N–H and O–H groups in total. The van der Waals surface area contributed by atoms with E-state index in [1.165, 1.54) is 31.5 Å². The Morgan fingerprint density at radius 3 is 2.50 bits per heavy atom.